The Morgan fingerprint density at radius 1 is 1.20 bits per heavy atom. The molecule has 20 heavy (non-hydrogen) atoms. The molecule has 0 spiro atoms. The molecule has 5 nitrogen and oxygen atoms in total. The monoisotopic (exact) mass is 285 g/mol. The van der Waals surface area contributed by atoms with E-state index in [1.54, 1.807) is 25.7 Å². The SMILES string of the molecule is CC(C)(C)C(C(=O)O)C(=O)N(CCO)C1CCCCC1. The van der Waals surface area contributed by atoms with E-state index in [1.165, 1.54) is 6.42 Å². The highest BCUT2D eigenvalue weighted by atomic mass is 16.4. The molecule has 0 aromatic carbocycles. The third-order valence-corrected chi connectivity index (χ3v) is 4.00. The molecule has 1 saturated carbocycles. The second kappa shape index (κ2) is 7.07. The van der Waals surface area contributed by atoms with Gasteiger partial charge >= 0.3 is 5.97 Å². The van der Waals surface area contributed by atoms with Crippen molar-refractivity contribution in [3.63, 3.8) is 0 Å². The predicted octanol–water partition coefficient (Wildman–Crippen LogP) is 1.89. The number of aliphatic hydroxyl groups is 1. The molecule has 1 fully saturated rings. The molecule has 0 radical (unpaired) electrons. The molecule has 2 N–H and O–H groups in total. The quantitative estimate of drug-likeness (QED) is 0.756. The topological polar surface area (TPSA) is 77.8 Å². The summed E-state index contributed by atoms with van der Waals surface area (Å²) in [5, 5.41) is 18.6. The Bertz CT molecular complexity index is 342. The Balaban J connectivity index is 2.93. The van der Waals surface area contributed by atoms with Crippen molar-refractivity contribution >= 4 is 11.9 Å². The van der Waals surface area contributed by atoms with Crippen LogP contribution in [0.1, 0.15) is 52.9 Å². The Morgan fingerprint density at radius 2 is 1.75 bits per heavy atom. The maximum Gasteiger partial charge on any atom is 0.316 e. The number of carboxylic acids is 1. The van der Waals surface area contributed by atoms with Crippen molar-refractivity contribution in [1.82, 2.24) is 4.90 Å². The van der Waals surface area contributed by atoms with Gasteiger partial charge < -0.3 is 15.1 Å². The zero-order chi connectivity index (χ0) is 15.3. The van der Waals surface area contributed by atoms with Gasteiger partial charge in [0.2, 0.25) is 5.91 Å². The number of carbonyl (C=O) groups is 2. The zero-order valence-corrected chi connectivity index (χ0v) is 12.8. The van der Waals surface area contributed by atoms with Crippen LogP contribution in [0.15, 0.2) is 0 Å². The van der Waals surface area contributed by atoms with Crippen molar-refractivity contribution in [2.75, 3.05) is 13.2 Å². The Morgan fingerprint density at radius 3 is 2.15 bits per heavy atom. The van der Waals surface area contributed by atoms with Crippen molar-refractivity contribution in [3.05, 3.63) is 0 Å². The van der Waals surface area contributed by atoms with Crippen LogP contribution in [0.5, 0.6) is 0 Å². The molecule has 0 aliphatic heterocycles. The van der Waals surface area contributed by atoms with Crippen LogP contribution >= 0.6 is 0 Å². The minimum Gasteiger partial charge on any atom is -0.481 e. The van der Waals surface area contributed by atoms with Gasteiger partial charge in [-0.1, -0.05) is 40.0 Å². The molecule has 1 rings (SSSR count). The first-order valence-electron chi connectivity index (χ1n) is 7.43. The van der Waals surface area contributed by atoms with Crippen molar-refractivity contribution in [3.8, 4) is 0 Å². The molecule has 1 amide bonds. The fraction of sp³-hybridized carbons (Fsp3) is 0.867. The summed E-state index contributed by atoms with van der Waals surface area (Å²) in [6.07, 6.45) is 5.10. The maximum absolute atomic E-state index is 12.7. The summed E-state index contributed by atoms with van der Waals surface area (Å²) in [5.74, 6) is -2.50. The number of rotatable bonds is 5. The van der Waals surface area contributed by atoms with Gasteiger partial charge in [0.1, 0.15) is 5.92 Å². The molecule has 0 bridgehead atoms. The molecular weight excluding hydrogens is 258 g/mol. The Hall–Kier alpha value is -1.10. The number of carboxylic acid groups (broad SMARTS) is 1. The molecule has 1 unspecified atom stereocenters. The number of hydrogen-bond acceptors (Lipinski definition) is 3. The van der Waals surface area contributed by atoms with E-state index < -0.39 is 17.3 Å². The lowest BCUT2D eigenvalue weighted by atomic mass is 9.79. The second-order valence-corrected chi connectivity index (χ2v) is 6.68. The highest BCUT2D eigenvalue weighted by molar-refractivity contribution is 5.97. The summed E-state index contributed by atoms with van der Waals surface area (Å²) in [6.45, 7) is 5.40. The molecule has 0 saturated heterocycles. The van der Waals surface area contributed by atoms with Gasteiger partial charge in [-0.2, -0.15) is 0 Å². The van der Waals surface area contributed by atoms with Crippen LogP contribution in [-0.2, 0) is 9.59 Å². The van der Waals surface area contributed by atoms with Gasteiger partial charge in [0.25, 0.3) is 0 Å². The number of carbonyl (C=O) groups excluding carboxylic acids is 1. The normalized spacial score (nSPS) is 18.6. The minimum absolute atomic E-state index is 0.0765. The average molecular weight is 285 g/mol. The molecule has 116 valence electrons. The van der Waals surface area contributed by atoms with E-state index in [1.807, 2.05) is 0 Å². The van der Waals surface area contributed by atoms with E-state index >= 15 is 0 Å². The first kappa shape index (κ1) is 17.0. The van der Waals surface area contributed by atoms with Crippen molar-refractivity contribution < 1.29 is 19.8 Å². The fourth-order valence-corrected chi connectivity index (χ4v) is 2.99. The smallest absolute Gasteiger partial charge is 0.316 e. The van der Waals surface area contributed by atoms with Crippen LogP contribution in [0.3, 0.4) is 0 Å². The van der Waals surface area contributed by atoms with Crippen LogP contribution in [-0.4, -0.2) is 46.2 Å². The van der Waals surface area contributed by atoms with Crippen molar-refractivity contribution in [2.45, 2.75) is 58.9 Å². The number of aliphatic hydroxyl groups excluding tert-OH is 1. The van der Waals surface area contributed by atoms with E-state index in [0.717, 1.165) is 25.7 Å². The molecule has 1 aliphatic carbocycles. The average Bonchev–Trinajstić information content (AvgIpc) is 2.34. The maximum atomic E-state index is 12.7. The van der Waals surface area contributed by atoms with E-state index in [0.29, 0.717) is 0 Å². The summed E-state index contributed by atoms with van der Waals surface area (Å²) < 4.78 is 0. The summed E-state index contributed by atoms with van der Waals surface area (Å²) in [6, 6.07) is 0.0765. The predicted molar refractivity (Wildman–Crippen MR) is 76.3 cm³/mol. The summed E-state index contributed by atoms with van der Waals surface area (Å²) in [7, 11) is 0. The highest BCUT2D eigenvalue weighted by Gasteiger charge is 2.41. The van der Waals surface area contributed by atoms with E-state index in [2.05, 4.69) is 0 Å². The van der Waals surface area contributed by atoms with Gasteiger partial charge in [-0.15, -0.1) is 0 Å². The zero-order valence-electron chi connectivity index (χ0n) is 12.8. The third kappa shape index (κ3) is 4.20. The first-order valence-corrected chi connectivity index (χ1v) is 7.43. The third-order valence-electron chi connectivity index (χ3n) is 4.00. The van der Waals surface area contributed by atoms with E-state index in [4.69, 9.17) is 0 Å². The summed E-state index contributed by atoms with van der Waals surface area (Å²) in [5.41, 5.74) is -0.634. The van der Waals surface area contributed by atoms with Gasteiger partial charge in [-0.05, 0) is 18.3 Å². The molecular formula is C15H27NO4. The van der Waals surface area contributed by atoms with Crippen LogP contribution in [0, 0.1) is 11.3 Å². The number of aliphatic carboxylic acids is 1. The van der Waals surface area contributed by atoms with Gasteiger partial charge in [-0.25, -0.2) is 0 Å². The van der Waals surface area contributed by atoms with E-state index in [9.17, 15) is 19.8 Å². The van der Waals surface area contributed by atoms with Gasteiger partial charge in [0.15, 0.2) is 0 Å². The fourth-order valence-electron chi connectivity index (χ4n) is 2.99. The Labute approximate surface area is 121 Å². The van der Waals surface area contributed by atoms with Crippen molar-refractivity contribution in [2.24, 2.45) is 11.3 Å². The van der Waals surface area contributed by atoms with Crippen LogP contribution in [0.25, 0.3) is 0 Å². The standard InChI is InChI=1S/C15H27NO4/c1-15(2,3)12(14(19)20)13(18)16(9-10-17)11-7-5-4-6-8-11/h11-12,17H,4-10H2,1-3H3,(H,19,20). The van der Waals surface area contributed by atoms with Crippen LogP contribution in [0.4, 0.5) is 0 Å². The van der Waals surface area contributed by atoms with Crippen LogP contribution < -0.4 is 0 Å². The molecule has 0 heterocycles. The second-order valence-electron chi connectivity index (χ2n) is 6.68. The number of amides is 1. The largest absolute Gasteiger partial charge is 0.481 e. The molecule has 1 aliphatic rings. The van der Waals surface area contributed by atoms with Gasteiger partial charge in [0.05, 0.1) is 6.61 Å². The lowest BCUT2D eigenvalue weighted by molar-refractivity contribution is -0.158. The van der Waals surface area contributed by atoms with Gasteiger partial charge in [0, 0.05) is 12.6 Å². The summed E-state index contributed by atoms with van der Waals surface area (Å²) in [4.78, 5) is 25.7. The molecule has 0 aromatic rings. The van der Waals surface area contributed by atoms with Gasteiger partial charge in [-0.3, -0.25) is 9.59 Å². The lowest BCUT2D eigenvalue weighted by Crippen LogP contribution is -2.50. The highest BCUT2D eigenvalue weighted by Crippen LogP contribution is 2.31. The summed E-state index contributed by atoms with van der Waals surface area (Å²) >= 11 is 0. The van der Waals surface area contributed by atoms with Crippen molar-refractivity contribution in [1.29, 1.82) is 0 Å². The number of nitrogens with zero attached hydrogens (tertiary/aromatic N) is 1. The first-order chi connectivity index (χ1) is 9.29. The Kier molecular flexibility index (Phi) is 5.99. The molecule has 1 atom stereocenters. The molecule has 0 aromatic heterocycles. The van der Waals surface area contributed by atoms with E-state index in [-0.39, 0.29) is 25.1 Å². The lowest BCUT2D eigenvalue weighted by Gasteiger charge is -2.38. The molecule has 5 heteroatoms. The minimum atomic E-state index is -1.08. The number of hydrogen-bond donors (Lipinski definition) is 2. The van der Waals surface area contributed by atoms with Crippen LogP contribution in [0.2, 0.25) is 0 Å².